The summed E-state index contributed by atoms with van der Waals surface area (Å²) in [5.74, 6) is -0.318. The Kier molecular flexibility index (Phi) is 6.87. The van der Waals surface area contributed by atoms with Gasteiger partial charge in [0.05, 0.1) is 5.69 Å². The zero-order valence-electron chi connectivity index (χ0n) is 19.2. The van der Waals surface area contributed by atoms with Crippen LogP contribution < -0.4 is 14.8 Å². The van der Waals surface area contributed by atoms with Crippen molar-refractivity contribution in [2.75, 3.05) is 5.32 Å². The summed E-state index contributed by atoms with van der Waals surface area (Å²) in [7, 11) is 0. The lowest BCUT2D eigenvalue weighted by Gasteiger charge is -2.32. The third kappa shape index (κ3) is 4.93. The van der Waals surface area contributed by atoms with Crippen molar-refractivity contribution < 1.29 is 28.6 Å². The zero-order valence-corrected chi connectivity index (χ0v) is 19.2. The van der Waals surface area contributed by atoms with Crippen LogP contribution in [0.2, 0.25) is 0 Å². The van der Waals surface area contributed by atoms with Crippen LogP contribution in [0.25, 0.3) is 0 Å². The van der Waals surface area contributed by atoms with Crippen LogP contribution in [0.1, 0.15) is 76.2 Å². The molecule has 0 fully saturated rings. The first-order valence-corrected chi connectivity index (χ1v) is 10.7. The first-order valence-electron chi connectivity index (χ1n) is 10.7. The Morgan fingerprint density at radius 1 is 0.969 bits per heavy atom. The van der Waals surface area contributed by atoms with Crippen LogP contribution in [0.15, 0.2) is 36.4 Å². The Balaban J connectivity index is 2.14. The Morgan fingerprint density at radius 2 is 1.56 bits per heavy atom. The van der Waals surface area contributed by atoms with E-state index >= 15 is 0 Å². The molecule has 1 N–H and O–H groups in total. The molecule has 0 spiro atoms. The van der Waals surface area contributed by atoms with Crippen molar-refractivity contribution in [1.82, 2.24) is 0 Å². The summed E-state index contributed by atoms with van der Waals surface area (Å²) < 4.78 is 17.2. The van der Waals surface area contributed by atoms with E-state index in [4.69, 9.17) is 14.2 Å². The number of carbonyl (C=O) groups excluding carboxylic acids is 3. The Hall–Kier alpha value is -3.35. The molecule has 2 aromatic carbocycles. The third-order valence-electron chi connectivity index (χ3n) is 5.21. The molecule has 0 bridgehead atoms. The molecule has 2 aromatic rings. The van der Waals surface area contributed by atoms with Crippen LogP contribution in [0.4, 0.5) is 5.69 Å². The summed E-state index contributed by atoms with van der Waals surface area (Å²) in [6.45, 7) is 10.6. The number of esters is 2. The number of hydrogen-bond donors (Lipinski definition) is 1. The van der Waals surface area contributed by atoms with Crippen molar-refractivity contribution in [2.45, 2.75) is 65.6 Å². The first kappa shape index (κ1) is 23.3. The normalized spacial score (nSPS) is 16.1. The molecule has 1 heterocycles. The number of carbonyl (C=O) groups is 3. The van der Waals surface area contributed by atoms with Crippen LogP contribution in [-0.2, 0) is 19.1 Å². The maximum atomic E-state index is 12.9. The monoisotopic (exact) mass is 439 g/mol. The smallest absolute Gasteiger partial charge is 0.308 e. The van der Waals surface area contributed by atoms with Gasteiger partial charge in [-0.05, 0) is 52.8 Å². The second-order valence-corrected chi connectivity index (χ2v) is 8.49. The SMILES string of the molecule is CC(=O)Oc1c(C(C)C)cc(C(OC(C)=O)C2Oc3ccccc3NC2=O)cc1C(C)C. The second-order valence-electron chi connectivity index (χ2n) is 8.49. The van der Waals surface area contributed by atoms with Gasteiger partial charge in [0, 0.05) is 13.8 Å². The fourth-order valence-corrected chi connectivity index (χ4v) is 3.73. The van der Waals surface area contributed by atoms with Crippen molar-refractivity contribution in [3.8, 4) is 11.5 Å². The van der Waals surface area contributed by atoms with E-state index in [9.17, 15) is 14.4 Å². The number of benzene rings is 2. The highest BCUT2D eigenvalue weighted by molar-refractivity contribution is 5.98. The predicted octanol–water partition coefficient (Wildman–Crippen LogP) is 4.86. The number of rotatable bonds is 6. The molecule has 32 heavy (non-hydrogen) atoms. The van der Waals surface area contributed by atoms with Crippen LogP contribution >= 0.6 is 0 Å². The van der Waals surface area contributed by atoms with Gasteiger partial charge < -0.3 is 19.5 Å². The largest absolute Gasteiger partial charge is 0.474 e. The minimum atomic E-state index is -1.08. The molecular weight excluding hydrogens is 410 g/mol. The van der Waals surface area contributed by atoms with Gasteiger partial charge in [-0.25, -0.2) is 0 Å². The van der Waals surface area contributed by atoms with Gasteiger partial charge in [0.1, 0.15) is 11.5 Å². The van der Waals surface area contributed by atoms with Gasteiger partial charge in [0.2, 0.25) is 6.10 Å². The fraction of sp³-hybridized carbons (Fsp3) is 0.400. The summed E-state index contributed by atoms with van der Waals surface area (Å²) in [4.78, 5) is 36.7. The van der Waals surface area contributed by atoms with Gasteiger partial charge >= 0.3 is 11.9 Å². The number of fused-ring (bicyclic) bond motifs is 1. The van der Waals surface area contributed by atoms with Crippen molar-refractivity contribution in [3.05, 3.63) is 53.1 Å². The highest BCUT2D eigenvalue weighted by Gasteiger charge is 2.39. The lowest BCUT2D eigenvalue weighted by molar-refractivity contribution is -0.154. The van der Waals surface area contributed by atoms with E-state index in [0.29, 0.717) is 22.7 Å². The summed E-state index contributed by atoms with van der Waals surface area (Å²) in [5.41, 5.74) is 2.74. The van der Waals surface area contributed by atoms with E-state index in [1.807, 2.05) is 39.8 Å². The van der Waals surface area contributed by atoms with Crippen LogP contribution in [0.3, 0.4) is 0 Å². The number of nitrogens with one attached hydrogen (secondary N) is 1. The maximum absolute atomic E-state index is 12.9. The van der Waals surface area contributed by atoms with Crippen molar-refractivity contribution in [3.63, 3.8) is 0 Å². The number of anilines is 1. The standard InChI is InChI=1S/C25H29NO6/c1-13(2)18-11-17(12-19(14(3)4)23(18)31-16(6)28)22(30-15(5)27)24-25(29)26-20-9-7-8-10-21(20)32-24/h7-14,22,24H,1-6H3,(H,26,29). The van der Waals surface area contributed by atoms with Crippen molar-refractivity contribution >= 4 is 23.5 Å². The Labute approximate surface area is 188 Å². The molecule has 1 aliphatic heterocycles. The highest BCUT2D eigenvalue weighted by atomic mass is 16.6. The topological polar surface area (TPSA) is 90.9 Å². The lowest BCUT2D eigenvalue weighted by atomic mass is 9.88. The minimum Gasteiger partial charge on any atom is -0.474 e. The molecule has 0 saturated heterocycles. The van der Waals surface area contributed by atoms with Gasteiger partial charge in [0.15, 0.2) is 6.10 Å². The van der Waals surface area contributed by atoms with E-state index in [1.54, 1.807) is 24.3 Å². The van der Waals surface area contributed by atoms with Crippen LogP contribution in [-0.4, -0.2) is 23.9 Å². The minimum absolute atomic E-state index is 0.0154. The first-order chi connectivity index (χ1) is 15.1. The third-order valence-corrected chi connectivity index (χ3v) is 5.21. The number of para-hydroxylation sites is 2. The van der Waals surface area contributed by atoms with E-state index < -0.39 is 30.1 Å². The summed E-state index contributed by atoms with van der Waals surface area (Å²) in [6.07, 6.45) is -2.06. The zero-order chi connectivity index (χ0) is 23.6. The number of hydrogen-bond acceptors (Lipinski definition) is 6. The van der Waals surface area contributed by atoms with E-state index in [0.717, 1.165) is 11.1 Å². The lowest BCUT2D eigenvalue weighted by Crippen LogP contribution is -2.42. The Bertz CT molecular complexity index is 1010. The molecule has 170 valence electrons. The quantitative estimate of drug-likeness (QED) is 0.510. The fourth-order valence-electron chi connectivity index (χ4n) is 3.73. The summed E-state index contributed by atoms with van der Waals surface area (Å²) >= 11 is 0. The molecule has 7 heteroatoms. The van der Waals surface area contributed by atoms with Crippen molar-refractivity contribution in [2.24, 2.45) is 0 Å². The molecule has 0 aromatic heterocycles. The number of amides is 1. The van der Waals surface area contributed by atoms with Crippen LogP contribution in [0.5, 0.6) is 11.5 Å². The summed E-state index contributed by atoms with van der Waals surface area (Å²) in [6, 6.07) is 10.7. The highest BCUT2D eigenvalue weighted by Crippen LogP contribution is 2.41. The maximum Gasteiger partial charge on any atom is 0.308 e. The van der Waals surface area contributed by atoms with Gasteiger partial charge in [-0.1, -0.05) is 39.8 Å². The van der Waals surface area contributed by atoms with Gasteiger partial charge in [-0.2, -0.15) is 0 Å². The Morgan fingerprint density at radius 3 is 2.09 bits per heavy atom. The van der Waals surface area contributed by atoms with Gasteiger partial charge in [-0.15, -0.1) is 0 Å². The molecule has 2 atom stereocenters. The molecule has 0 radical (unpaired) electrons. The molecule has 1 amide bonds. The molecule has 0 saturated carbocycles. The second kappa shape index (κ2) is 9.42. The molecule has 0 aliphatic carbocycles. The average molecular weight is 440 g/mol. The molecule has 7 nitrogen and oxygen atoms in total. The van der Waals surface area contributed by atoms with Crippen molar-refractivity contribution in [1.29, 1.82) is 0 Å². The van der Waals surface area contributed by atoms with Gasteiger partial charge in [0.25, 0.3) is 5.91 Å². The van der Waals surface area contributed by atoms with E-state index in [1.165, 1.54) is 13.8 Å². The molecule has 2 unspecified atom stereocenters. The van der Waals surface area contributed by atoms with E-state index in [2.05, 4.69) is 5.32 Å². The van der Waals surface area contributed by atoms with Gasteiger partial charge in [-0.3, -0.25) is 14.4 Å². The predicted molar refractivity (Wildman–Crippen MR) is 120 cm³/mol. The van der Waals surface area contributed by atoms with E-state index in [-0.39, 0.29) is 11.8 Å². The average Bonchev–Trinajstić information content (AvgIpc) is 2.71. The molecule has 3 rings (SSSR count). The molecule has 1 aliphatic rings. The molecular formula is C25H29NO6. The number of ether oxygens (including phenoxy) is 3. The summed E-state index contributed by atoms with van der Waals surface area (Å²) in [5, 5.41) is 2.82. The van der Waals surface area contributed by atoms with Crippen LogP contribution in [0, 0.1) is 0 Å².